The van der Waals surface area contributed by atoms with Crippen molar-refractivity contribution >= 4 is 17.4 Å². The quantitative estimate of drug-likeness (QED) is 0.530. The predicted molar refractivity (Wildman–Crippen MR) is 95.6 cm³/mol. The molecular formula is C18H14N6S. The summed E-state index contributed by atoms with van der Waals surface area (Å²) in [6, 6.07) is 17.9. The third-order valence-electron chi connectivity index (χ3n) is 3.89. The van der Waals surface area contributed by atoms with Crippen LogP contribution >= 0.6 is 11.8 Å². The molecule has 6 nitrogen and oxygen atoms in total. The zero-order valence-corrected chi connectivity index (χ0v) is 14.3. The molecule has 0 saturated heterocycles. The molecule has 0 aliphatic heterocycles. The minimum atomic E-state index is 0.578. The van der Waals surface area contributed by atoms with Gasteiger partial charge >= 0.3 is 0 Å². The average Bonchev–Trinajstić information content (AvgIpc) is 3.21. The highest BCUT2D eigenvalue weighted by Gasteiger charge is 2.17. The lowest BCUT2D eigenvalue weighted by Crippen LogP contribution is -2.02. The first-order valence-electron chi connectivity index (χ1n) is 7.74. The van der Waals surface area contributed by atoms with E-state index in [1.807, 2.05) is 70.7 Å². The van der Waals surface area contributed by atoms with Crippen molar-refractivity contribution in [2.75, 3.05) is 0 Å². The van der Waals surface area contributed by atoms with Crippen LogP contribution in [0, 0.1) is 18.3 Å². The van der Waals surface area contributed by atoms with E-state index in [0.29, 0.717) is 11.3 Å². The number of hydrogen-bond acceptors (Lipinski definition) is 5. The van der Waals surface area contributed by atoms with Crippen LogP contribution in [0.15, 0.2) is 59.9 Å². The molecule has 0 aliphatic carbocycles. The number of rotatable bonds is 4. The van der Waals surface area contributed by atoms with Crippen molar-refractivity contribution < 1.29 is 0 Å². The lowest BCUT2D eigenvalue weighted by molar-refractivity contribution is 0.827. The monoisotopic (exact) mass is 346 g/mol. The number of aromatic nitrogens is 5. The van der Waals surface area contributed by atoms with E-state index in [2.05, 4.69) is 21.4 Å². The number of pyridine rings is 1. The van der Waals surface area contributed by atoms with Crippen LogP contribution < -0.4 is 0 Å². The highest BCUT2D eigenvalue weighted by atomic mass is 32.2. The zero-order chi connectivity index (χ0) is 17.2. The lowest BCUT2D eigenvalue weighted by atomic mass is 10.2. The summed E-state index contributed by atoms with van der Waals surface area (Å²) < 4.78 is 3.77. The van der Waals surface area contributed by atoms with Crippen molar-refractivity contribution in [2.45, 2.75) is 17.8 Å². The summed E-state index contributed by atoms with van der Waals surface area (Å²) in [6.45, 7) is 1.86. The first kappa shape index (κ1) is 15.4. The summed E-state index contributed by atoms with van der Waals surface area (Å²) in [7, 11) is 0. The van der Waals surface area contributed by atoms with Crippen molar-refractivity contribution in [3.63, 3.8) is 0 Å². The van der Waals surface area contributed by atoms with Crippen molar-refractivity contribution in [3.05, 3.63) is 71.7 Å². The maximum atomic E-state index is 9.54. The van der Waals surface area contributed by atoms with Gasteiger partial charge in [-0.2, -0.15) is 10.4 Å². The van der Waals surface area contributed by atoms with Crippen LogP contribution in [0.1, 0.15) is 17.0 Å². The Labute approximate surface area is 148 Å². The fraction of sp³-hybridized carbons (Fsp3) is 0.111. The molecule has 0 amide bonds. The molecule has 7 heteroatoms. The van der Waals surface area contributed by atoms with Gasteiger partial charge in [0.25, 0.3) is 0 Å². The van der Waals surface area contributed by atoms with E-state index in [1.54, 1.807) is 0 Å². The molecule has 25 heavy (non-hydrogen) atoms. The standard InChI is InChI=1S/C18H14N6S/c1-13-15(11-19)16(24(22-13)14-7-3-2-4-8-14)12-25-18-21-20-17-9-5-6-10-23(17)18/h2-10H,12H2,1H3. The van der Waals surface area contributed by atoms with Gasteiger partial charge in [0, 0.05) is 11.9 Å². The third-order valence-corrected chi connectivity index (χ3v) is 4.84. The third kappa shape index (κ3) is 2.77. The Morgan fingerprint density at radius 1 is 1.08 bits per heavy atom. The zero-order valence-electron chi connectivity index (χ0n) is 13.5. The summed E-state index contributed by atoms with van der Waals surface area (Å²) in [5.74, 6) is 0.578. The Morgan fingerprint density at radius 2 is 1.88 bits per heavy atom. The Bertz CT molecular complexity index is 1070. The van der Waals surface area contributed by atoms with Crippen molar-refractivity contribution in [2.24, 2.45) is 0 Å². The van der Waals surface area contributed by atoms with Gasteiger partial charge < -0.3 is 0 Å². The van der Waals surface area contributed by atoms with Gasteiger partial charge in [-0.25, -0.2) is 4.68 Å². The molecule has 0 unspecified atom stereocenters. The number of hydrogen-bond donors (Lipinski definition) is 0. The van der Waals surface area contributed by atoms with E-state index >= 15 is 0 Å². The van der Waals surface area contributed by atoms with Crippen LogP contribution in [0.5, 0.6) is 0 Å². The molecule has 0 N–H and O–H groups in total. The summed E-state index contributed by atoms with van der Waals surface area (Å²) in [4.78, 5) is 0. The van der Waals surface area contributed by atoms with Gasteiger partial charge in [0.1, 0.15) is 6.07 Å². The minimum Gasteiger partial charge on any atom is -0.277 e. The highest BCUT2D eigenvalue weighted by Crippen LogP contribution is 2.26. The molecule has 0 atom stereocenters. The summed E-state index contributed by atoms with van der Waals surface area (Å²) in [5, 5.41) is 23.3. The van der Waals surface area contributed by atoms with Crippen LogP contribution in [-0.4, -0.2) is 24.4 Å². The molecule has 4 rings (SSSR count). The van der Waals surface area contributed by atoms with Crippen molar-refractivity contribution in [1.82, 2.24) is 24.4 Å². The van der Waals surface area contributed by atoms with Crippen LogP contribution in [0.4, 0.5) is 0 Å². The van der Waals surface area contributed by atoms with E-state index in [-0.39, 0.29) is 0 Å². The Hall–Kier alpha value is -3.11. The molecule has 0 aliphatic rings. The molecule has 4 aromatic rings. The number of nitrogens with zero attached hydrogens (tertiary/aromatic N) is 6. The summed E-state index contributed by atoms with van der Waals surface area (Å²) >= 11 is 1.54. The van der Waals surface area contributed by atoms with Gasteiger partial charge in [-0.3, -0.25) is 4.40 Å². The van der Waals surface area contributed by atoms with Gasteiger partial charge in [0.15, 0.2) is 10.8 Å². The second-order valence-corrected chi connectivity index (χ2v) is 6.41. The smallest absolute Gasteiger partial charge is 0.195 e. The molecule has 0 spiro atoms. The molecule has 1 aromatic carbocycles. The lowest BCUT2D eigenvalue weighted by Gasteiger charge is -2.07. The van der Waals surface area contributed by atoms with Gasteiger partial charge in [-0.1, -0.05) is 36.0 Å². The number of thioether (sulfide) groups is 1. The van der Waals surface area contributed by atoms with Gasteiger partial charge in [0.05, 0.1) is 22.6 Å². The molecule has 0 radical (unpaired) electrons. The first-order valence-corrected chi connectivity index (χ1v) is 8.73. The molecular weight excluding hydrogens is 332 g/mol. The number of aryl methyl sites for hydroxylation is 1. The fourth-order valence-electron chi connectivity index (χ4n) is 2.69. The van der Waals surface area contributed by atoms with Crippen molar-refractivity contribution in [3.8, 4) is 11.8 Å². The Balaban J connectivity index is 1.71. The Morgan fingerprint density at radius 3 is 2.68 bits per heavy atom. The second-order valence-electron chi connectivity index (χ2n) is 5.47. The van der Waals surface area contributed by atoms with Gasteiger partial charge in [-0.15, -0.1) is 10.2 Å². The van der Waals surface area contributed by atoms with Crippen LogP contribution in [-0.2, 0) is 5.75 Å². The summed E-state index contributed by atoms with van der Waals surface area (Å²) in [6.07, 6.45) is 1.93. The second kappa shape index (κ2) is 6.42. The van der Waals surface area contributed by atoms with E-state index in [4.69, 9.17) is 0 Å². The molecule has 3 heterocycles. The molecule has 0 bridgehead atoms. The summed E-state index contributed by atoms with van der Waals surface area (Å²) in [5.41, 5.74) is 3.95. The number of fused-ring (bicyclic) bond motifs is 1. The normalized spacial score (nSPS) is 10.9. The van der Waals surface area contributed by atoms with Crippen LogP contribution in [0.3, 0.4) is 0 Å². The maximum absolute atomic E-state index is 9.54. The largest absolute Gasteiger partial charge is 0.277 e. The average molecular weight is 346 g/mol. The van der Waals surface area contributed by atoms with Gasteiger partial charge in [0.2, 0.25) is 0 Å². The number of benzene rings is 1. The topological polar surface area (TPSA) is 71.8 Å². The predicted octanol–water partition coefficient (Wildman–Crippen LogP) is 3.39. The Kier molecular flexibility index (Phi) is 3.96. The SMILES string of the molecule is Cc1nn(-c2ccccc2)c(CSc2nnc3ccccn23)c1C#N. The van der Waals surface area contributed by atoms with Crippen molar-refractivity contribution in [1.29, 1.82) is 5.26 Å². The molecule has 122 valence electrons. The van der Waals surface area contributed by atoms with E-state index < -0.39 is 0 Å². The van der Waals surface area contributed by atoms with E-state index in [0.717, 1.165) is 27.9 Å². The van der Waals surface area contributed by atoms with E-state index in [9.17, 15) is 5.26 Å². The molecule has 0 saturated carbocycles. The van der Waals surface area contributed by atoms with Crippen LogP contribution in [0.25, 0.3) is 11.3 Å². The van der Waals surface area contributed by atoms with E-state index in [1.165, 1.54) is 11.8 Å². The minimum absolute atomic E-state index is 0.578. The molecule has 3 aromatic heterocycles. The number of nitriles is 1. The molecule has 0 fully saturated rings. The maximum Gasteiger partial charge on any atom is 0.195 e. The van der Waals surface area contributed by atoms with Gasteiger partial charge in [-0.05, 0) is 31.2 Å². The fourth-order valence-corrected chi connectivity index (χ4v) is 3.61. The first-order chi connectivity index (χ1) is 12.3. The van der Waals surface area contributed by atoms with Crippen LogP contribution in [0.2, 0.25) is 0 Å². The highest BCUT2D eigenvalue weighted by molar-refractivity contribution is 7.98. The number of para-hydroxylation sites is 1.